The third-order valence-corrected chi connectivity index (χ3v) is 4.01. The van der Waals surface area contributed by atoms with Gasteiger partial charge in [-0.1, -0.05) is 17.7 Å². The van der Waals surface area contributed by atoms with E-state index in [0.717, 1.165) is 5.56 Å². The Morgan fingerprint density at radius 3 is 2.81 bits per heavy atom. The molecular formula is C18H12ClN5O2. The van der Waals surface area contributed by atoms with E-state index < -0.39 is 0 Å². The summed E-state index contributed by atoms with van der Waals surface area (Å²) in [6.45, 7) is 0. The van der Waals surface area contributed by atoms with Gasteiger partial charge in [-0.15, -0.1) is 0 Å². The van der Waals surface area contributed by atoms with Crippen LogP contribution in [0.1, 0.15) is 16.1 Å². The van der Waals surface area contributed by atoms with Gasteiger partial charge in [-0.3, -0.25) is 9.78 Å². The molecule has 8 heteroatoms. The van der Waals surface area contributed by atoms with E-state index in [1.807, 2.05) is 0 Å². The fourth-order valence-electron chi connectivity index (χ4n) is 2.63. The highest BCUT2D eigenvalue weighted by Gasteiger charge is 2.19. The summed E-state index contributed by atoms with van der Waals surface area (Å²) < 4.78 is 6.75. The molecule has 7 nitrogen and oxygen atoms in total. The molecular weight excluding hydrogens is 354 g/mol. The molecule has 0 aliphatic carbocycles. The van der Waals surface area contributed by atoms with Gasteiger partial charge in [0.1, 0.15) is 10.8 Å². The fourth-order valence-corrected chi connectivity index (χ4v) is 2.83. The van der Waals surface area contributed by atoms with Crippen molar-refractivity contribution in [1.29, 1.82) is 0 Å². The van der Waals surface area contributed by atoms with Crippen LogP contribution >= 0.6 is 11.6 Å². The number of carbonyl (C=O) groups excluding carboxylic acids is 1. The van der Waals surface area contributed by atoms with Gasteiger partial charge in [0.25, 0.3) is 0 Å². The Labute approximate surface area is 153 Å². The molecule has 4 aromatic heterocycles. The van der Waals surface area contributed by atoms with Crippen LogP contribution in [0, 0.1) is 0 Å². The second kappa shape index (κ2) is 6.53. The Morgan fingerprint density at radius 2 is 2.04 bits per heavy atom. The smallest absolute Gasteiger partial charge is 0.216 e. The zero-order valence-corrected chi connectivity index (χ0v) is 14.4. The molecule has 0 radical (unpaired) electrons. The lowest BCUT2D eigenvalue weighted by atomic mass is 10.1. The van der Waals surface area contributed by atoms with Crippen LogP contribution in [0.15, 0.2) is 55.0 Å². The molecule has 0 aliphatic heterocycles. The second-order valence-electron chi connectivity index (χ2n) is 5.39. The molecule has 128 valence electrons. The Morgan fingerprint density at radius 1 is 1.15 bits per heavy atom. The zero-order valence-electron chi connectivity index (χ0n) is 13.6. The summed E-state index contributed by atoms with van der Waals surface area (Å²) in [6, 6.07) is 10.4. The third-order valence-electron chi connectivity index (χ3n) is 3.82. The Hall–Kier alpha value is -3.32. The highest BCUT2D eigenvalue weighted by molar-refractivity contribution is 6.29. The van der Waals surface area contributed by atoms with E-state index in [2.05, 4.69) is 20.1 Å². The molecule has 0 N–H and O–H groups in total. The van der Waals surface area contributed by atoms with Crippen molar-refractivity contribution in [2.24, 2.45) is 0 Å². The van der Waals surface area contributed by atoms with Crippen LogP contribution < -0.4 is 4.74 Å². The highest BCUT2D eigenvalue weighted by Crippen LogP contribution is 2.26. The van der Waals surface area contributed by atoms with Crippen LogP contribution in [0.4, 0.5) is 0 Å². The lowest BCUT2D eigenvalue weighted by molar-refractivity contribution is 0.103. The van der Waals surface area contributed by atoms with Gasteiger partial charge < -0.3 is 4.74 Å². The van der Waals surface area contributed by atoms with Crippen molar-refractivity contribution in [2.75, 3.05) is 7.11 Å². The topological polar surface area (TPSA) is 82.3 Å². The average molecular weight is 366 g/mol. The number of halogens is 1. The normalized spacial score (nSPS) is 10.8. The number of hydrogen-bond acceptors (Lipinski definition) is 6. The van der Waals surface area contributed by atoms with Gasteiger partial charge in [0, 0.05) is 24.0 Å². The van der Waals surface area contributed by atoms with Crippen molar-refractivity contribution in [3.05, 3.63) is 71.4 Å². The summed E-state index contributed by atoms with van der Waals surface area (Å²) in [5.41, 5.74) is 2.60. The summed E-state index contributed by atoms with van der Waals surface area (Å²) in [6.07, 6.45) is 4.67. The number of ether oxygens (including phenoxy) is 1. The van der Waals surface area contributed by atoms with Crippen molar-refractivity contribution in [3.8, 4) is 17.1 Å². The number of carbonyl (C=O) groups is 1. The summed E-state index contributed by atoms with van der Waals surface area (Å²) in [7, 11) is 1.52. The molecule has 0 aliphatic rings. The minimum absolute atomic E-state index is 0.240. The molecule has 26 heavy (non-hydrogen) atoms. The van der Waals surface area contributed by atoms with Crippen molar-refractivity contribution >= 4 is 23.0 Å². The zero-order chi connectivity index (χ0) is 18.1. The van der Waals surface area contributed by atoms with Crippen LogP contribution in [-0.4, -0.2) is 37.5 Å². The SMILES string of the molecule is COc1cc(-c2ccnc3c(C(=O)c4ccccn4)cnn23)cc(Cl)n1. The van der Waals surface area contributed by atoms with Crippen LogP contribution in [0.25, 0.3) is 16.9 Å². The number of pyridine rings is 2. The number of aromatic nitrogens is 5. The first-order valence-corrected chi connectivity index (χ1v) is 8.05. The molecule has 0 saturated carbocycles. The second-order valence-corrected chi connectivity index (χ2v) is 5.78. The molecule has 0 atom stereocenters. The monoisotopic (exact) mass is 365 g/mol. The summed E-state index contributed by atoms with van der Waals surface area (Å²) in [5, 5.41) is 4.62. The van der Waals surface area contributed by atoms with E-state index in [-0.39, 0.29) is 5.78 Å². The van der Waals surface area contributed by atoms with Crippen molar-refractivity contribution in [1.82, 2.24) is 24.6 Å². The lowest BCUT2D eigenvalue weighted by Crippen LogP contribution is -2.04. The first-order chi connectivity index (χ1) is 12.7. The molecule has 4 rings (SSSR count). The minimum atomic E-state index is -0.240. The van der Waals surface area contributed by atoms with E-state index in [9.17, 15) is 4.79 Å². The number of ketones is 1. The first-order valence-electron chi connectivity index (χ1n) is 7.68. The molecule has 0 unspecified atom stereocenters. The van der Waals surface area contributed by atoms with Gasteiger partial charge in [0.15, 0.2) is 5.65 Å². The average Bonchev–Trinajstić information content (AvgIpc) is 3.11. The molecule has 0 amide bonds. The van der Waals surface area contributed by atoms with Crippen molar-refractivity contribution in [2.45, 2.75) is 0 Å². The lowest BCUT2D eigenvalue weighted by Gasteiger charge is -2.07. The van der Waals surface area contributed by atoms with Gasteiger partial charge >= 0.3 is 0 Å². The van der Waals surface area contributed by atoms with Gasteiger partial charge in [-0.25, -0.2) is 14.5 Å². The van der Waals surface area contributed by atoms with E-state index in [4.69, 9.17) is 16.3 Å². The van der Waals surface area contributed by atoms with Crippen molar-refractivity contribution < 1.29 is 9.53 Å². The Balaban J connectivity index is 1.86. The van der Waals surface area contributed by atoms with Crippen LogP contribution in [0.3, 0.4) is 0 Å². The molecule has 0 saturated heterocycles. The van der Waals surface area contributed by atoms with E-state index >= 15 is 0 Å². The highest BCUT2D eigenvalue weighted by atomic mass is 35.5. The van der Waals surface area contributed by atoms with Crippen molar-refractivity contribution in [3.63, 3.8) is 0 Å². The quantitative estimate of drug-likeness (QED) is 0.408. The Bertz CT molecular complexity index is 1110. The van der Waals surface area contributed by atoms with Gasteiger partial charge in [-0.05, 0) is 24.3 Å². The predicted octanol–water partition coefficient (Wildman–Crippen LogP) is 3.08. The number of fused-ring (bicyclic) bond motifs is 1. The summed E-state index contributed by atoms with van der Waals surface area (Å²) in [5.74, 6) is 0.144. The Kier molecular flexibility index (Phi) is 4.06. The molecule has 4 heterocycles. The maximum atomic E-state index is 12.7. The maximum Gasteiger partial charge on any atom is 0.216 e. The third kappa shape index (κ3) is 2.78. The molecule has 0 aromatic carbocycles. The van der Waals surface area contributed by atoms with E-state index in [1.165, 1.54) is 13.3 Å². The predicted molar refractivity (Wildman–Crippen MR) is 95.4 cm³/mol. The number of methoxy groups -OCH3 is 1. The number of hydrogen-bond donors (Lipinski definition) is 0. The largest absolute Gasteiger partial charge is 0.481 e. The summed E-state index contributed by atoms with van der Waals surface area (Å²) in [4.78, 5) is 25.2. The van der Waals surface area contributed by atoms with Crippen LogP contribution in [0.5, 0.6) is 5.88 Å². The number of rotatable bonds is 4. The summed E-state index contributed by atoms with van der Waals surface area (Å²) >= 11 is 6.07. The maximum absolute atomic E-state index is 12.7. The molecule has 4 aromatic rings. The standard InChI is InChI=1S/C18H12ClN5O2/c1-26-16-9-11(8-15(19)23-16)14-5-7-21-18-12(10-22-24(14)18)17(25)13-4-2-3-6-20-13/h2-10H,1H3. The first kappa shape index (κ1) is 16.2. The van der Waals surface area contributed by atoms with E-state index in [1.54, 1.807) is 53.3 Å². The van der Waals surface area contributed by atoms with E-state index in [0.29, 0.717) is 33.6 Å². The van der Waals surface area contributed by atoms with Gasteiger partial charge in [0.05, 0.1) is 24.6 Å². The fraction of sp³-hybridized carbons (Fsp3) is 0.0556. The molecule has 0 bridgehead atoms. The number of nitrogens with zero attached hydrogens (tertiary/aromatic N) is 5. The molecule has 0 fully saturated rings. The van der Waals surface area contributed by atoms with Crippen LogP contribution in [0.2, 0.25) is 5.15 Å². The molecule has 0 spiro atoms. The van der Waals surface area contributed by atoms with Crippen LogP contribution in [-0.2, 0) is 0 Å². The van der Waals surface area contributed by atoms with Gasteiger partial charge in [0.2, 0.25) is 11.7 Å². The van der Waals surface area contributed by atoms with Gasteiger partial charge in [-0.2, -0.15) is 5.10 Å². The minimum Gasteiger partial charge on any atom is -0.481 e.